The van der Waals surface area contributed by atoms with Gasteiger partial charge in [-0.1, -0.05) is 17.7 Å². The zero-order valence-corrected chi connectivity index (χ0v) is 15.5. The monoisotopic (exact) mass is 363 g/mol. The van der Waals surface area contributed by atoms with Gasteiger partial charge < -0.3 is 10.1 Å². The van der Waals surface area contributed by atoms with Crippen molar-refractivity contribution in [2.24, 2.45) is 0 Å². The van der Waals surface area contributed by atoms with Crippen LogP contribution in [0.4, 0.5) is 5.69 Å². The Labute approximate surface area is 157 Å². The molecule has 6 heteroatoms. The van der Waals surface area contributed by atoms with Crippen molar-refractivity contribution in [3.8, 4) is 5.75 Å². The third-order valence-corrected chi connectivity index (χ3v) is 4.11. The molecule has 0 spiro atoms. The van der Waals surface area contributed by atoms with E-state index in [4.69, 9.17) is 4.74 Å². The first-order chi connectivity index (χ1) is 12.9. The quantitative estimate of drug-likeness (QED) is 0.672. The van der Waals surface area contributed by atoms with Crippen molar-refractivity contribution in [3.05, 3.63) is 77.1 Å². The minimum absolute atomic E-state index is 0.0181. The average molecular weight is 363 g/mol. The third kappa shape index (κ3) is 4.61. The summed E-state index contributed by atoms with van der Waals surface area (Å²) in [6.45, 7) is 5.73. The predicted molar refractivity (Wildman–Crippen MR) is 103 cm³/mol. The van der Waals surface area contributed by atoms with E-state index < -0.39 is 0 Å². The van der Waals surface area contributed by atoms with Crippen molar-refractivity contribution in [2.75, 3.05) is 5.32 Å². The van der Waals surface area contributed by atoms with Crippen LogP contribution in [-0.2, 0) is 6.73 Å². The number of amides is 1. The summed E-state index contributed by atoms with van der Waals surface area (Å²) in [5.41, 5.74) is 3.71. The van der Waals surface area contributed by atoms with Crippen LogP contribution in [0, 0.1) is 13.8 Å². The van der Waals surface area contributed by atoms with Crippen LogP contribution in [0.5, 0.6) is 5.75 Å². The Morgan fingerprint density at radius 1 is 1.07 bits per heavy atom. The number of carbonyl (C=O) groups is 2. The number of nitrogens with one attached hydrogen (secondary N) is 1. The summed E-state index contributed by atoms with van der Waals surface area (Å²) in [5.74, 6) is 0.443. The zero-order valence-electron chi connectivity index (χ0n) is 15.5. The lowest BCUT2D eigenvalue weighted by molar-refractivity contribution is 0.101. The standard InChI is InChI=1S/C21H21N3O3/c1-14-4-9-20(15(2)12-14)27-13-24-11-10-19(23-24)21(26)22-18-7-5-17(6-8-18)16(3)25/h4-12H,13H2,1-3H3,(H,22,26). The van der Waals surface area contributed by atoms with E-state index in [-0.39, 0.29) is 24.1 Å². The second-order valence-corrected chi connectivity index (χ2v) is 6.37. The number of carbonyl (C=O) groups excluding carboxylic acids is 2. The average Bonchev–Trinajstić information content (AvgIpc) is 3.10. The summed E-state index contributed by atoms with van der Waals surface area (Å²) in [6, 6.07) is 14.3. The van der Waals surface area contributed by atoms with E-state index in [0.717, 1.165) is 11.3 Å². The second-order valence-electron chi connectivity index (χ2n) is 6.37. The van der Waals surface area contributed by atoms with Crippen molar-refractivity contribution < 1.29 is 14.3 Å². The van der Waals surface area contributed by atoms with Crippen molar-refractivity contribution in [1.82, 2.24) is 9.78 Å². The number of hydrogen-bond donors (Lipinski definition) is 1. The first kappa shape index (κ1) is 18.4. The summed E-state index contributed by atoms with van der Waals surface area (Å²) in [7, 11) is 0. The fourth-order valence-electron chi connectivity index (χ4n) is 2.64. The van der Waals surface area contributed by atoms with Gasteiger partial charge in [0.25, 0.3) is 5.91 Å². The molecule has 0 aliphatic carbocycles. The SMILES string of the molecule is CC(=O)c1ccc(NC(=O)c2ccn(COc3ccc(C)cc3C)n2)cc1. The molecule has 0 aliphatic rings. The first-order valence-electron chi connectivity index (χ1n) is 8.58. The van der Waals surface area contributed by atoms with Crippen LogP contribution in [0.3, 0.4) is 0 Å². The number of Topliss-reactive ketones (excluding diaryl/α,β-unsaturated/α-hetero) is 1. The van der Waals surface area contributed by atoms with Gasteiger partial charge >= 0.3 is 0 Å². The van der Waals surface area contributed by atoms with Gasteiger partial charge in [-0.2, -0.15) is 5.10 Å². The van der Waals surface area contributed by atoms with Gasteiger partial charge in [0.15, 0.2) is 18.2 Å². The van der Waals surface area contributed by atoms with Crippen LogP contribution < -0.4 is 10.1 Å². The molecule has 3 rings (SSSR count). The topological polar surface area (TPSA) is 73.2 Å². The Morgan fingerprint density at radius 2 is 1.81 bits per heavy atom. The van der Waals surface area contributed by atoms with Gasteiger partial charge in [0, 0.05) is 17.4 Å². The summed E-state index contributed by atoms with van der Waals surface area (Å²) in [6.07, 6.45) is 1.69. The second kappa shape index (κ2) is 7.86. The molecular weight excluding hydrogens is 342 g/mol. The van der Waals surface area contributed by atoms with Crippen LogP contribution in [0.25, 0.3) is 0 Å². The van der Waals surface area contributed by atoms with Crippen molar-refractivity contribution in [1.29, 1.82) is 0 Å². The Kier molecular flexibility index (Phi) is 5.35. The minimum Gasteiger partial charge on any atom is -0.471 e. The number of aryl methyl sites for hydroxylation is 2. The van der Waals surface area contributed by atoms with Crippen molar-refractivity contribution >= 4 is 17.4 Å². The van der Waals surface area contributed by atoms with Gasteiger partial charge in [-0.05, 0) is 62.7 Å². The highest BCUT2D eigenvalue weighted by Gasteiger charge is 2.11. The molecule has 0 saturated heterocycles. The Balaban J connectivity index is 1.61. The number of rotatable bonds is 6. The number of anilines is 1. The molecule has 0 saturated carbocycles. The highest BCUT2D eigenvalue weighted by Crippen LogP contribution is 2.19. The minimum atomic E-state index is -0.323. The Bertz CT molecular complexity index is 975. The Hall–Kier alpha value is -3.41. The number of ketones is 1. The summed E-state index contributed by atoms with van der Waals surface area (Å²) >= 11 is 0. The third-order valence-electron chi connectivity index (χ3n) is 4.11. The molecule has 0 unspecified atom stereocenters. The van der Waals surface area contributed by atoms with Gasteiger partial charge in [0.05, 0.1) is 0 Å². The smallest absolute Gasteiger partial charge is 0.276 e. The summed E-state index contributed by atoms with van der Waals surface area (Å²) in [5, 5.41) is 7.00. The lowest BCUT2D eigenvalue weighted by Gasteiger charge is -2.09. The number of hydrogen-bond acceptors (Lipinski definition) is 4. The molecule has 2 aromatic carbocycles. The van der Waals surface area contributed by atoms with Crippen LogP contribution in [0.15, 0.2) is 54.7 Å². The fraction of sp³-hybridized carbons (Fsp3) is 0.190. The van der Waals surface area contributed by atoms with Crippen molar-refractivity contribution in [3.63, 3.8) is 0 Å². The molecule has 0 aliphatic heterocycles. The first-order valence-corrected chi connectivity index (χ1v) is 8.58. The number of aromatic nitrogens is 2. The van der Waals surface area contributed by atoms with E-state index in [9.17, 15) is 9.59 Å². The number of ether oxygens (including phenoxy) is 1. The normalized spacial score (nSPS) is 10.5. The largest absolute Gasteiger partial charge is 0.471 e. The Morgan fingerprint density at radius 3 is 2.48 bits per heavy atom. The van der Waals surface area contributed by atoms with Gasteiger partial charge in [0.1, 0.15) is 5.75 Å². The lowest BCUT2D eigenvalue weighted by Crippen LogP contribution is -2.14. The van der Waals surface area contributed by atoms with Crippen molar-refractivity contribution in [2.45, 2.75) is 27.5 Å². The maximum Gasteiger partial charge on any atom is 0.276 e. The van der Waals surface area contributed by atoms with E-state index >= 15 is 0 Å². The maximum absolute atomic E-state index is 12.3. The molecule has 138 valence electrons. The lowest BCUT2D eigenvalue weighted by atomic mass is 10.1. The van der Waals surface area contributed by atoms with Gasteiger partial charge in [-0.25, -0.2) is 4.68 Å². The van der Waals surface area contributed by atoms with Gasteiger partial charge in [-0.3, -0.25) is 9.59 Å². The number of nitrogens with zero attached hydrogens (tertiary/aromatic N) is 2. The molecule has 27 heavy (non-hydrogen) atoms. The molecule has 0 radical (unpaired) electrons. The summed E-state index contributed by atoms with van der Waals surface area (Å²) < 4.78 is 7.32. The molecule has 0 atom stereocenters. The highest BCUT2D eigenvalue weighted by atomic mass is 16.5. The number of benzene rings is 2. The molecule has 1 N–H and O–H groups in total. The van der Waals surface area contributed by atoms with Crippen LogP contribution >= 0.6 is 0 Å². The maximum atomic E-state index is 12.3. The molecule has 1 heterocycles. The van der Waals surface area contributed by atoms with E-state index in [2.05, 4.69) is 16.5 Å². The molecule has 6 nitrogen and oxygen atoms in total. The zero-order chi connectivity index (χ0) is 19.4. The molecule has 0 bridgehead atoms. The highest BCUT2D eigenvalue weighted by molar-refractivity contribution is 6.03. The fourth-order valence-corrected chi connectivity index (χ4v) is 2.64. The van der Waals surface area contributed by atoms with Gasteiger partial charge in [0.2, 0.25) is 0 Å². The van der Waals surface area contributed by atoms with E-state index in [0.29, 0.717) is 11.3 Å². The predicted octanol–water partition coefficient (Wildman–Crippen LogP) is 3.99. The van der Waals surface area contributed by atoms with Crippen LogP contribution in [0.1, 0.15) is 38.9 Å². The molecule has 1 amide bonds. The van der Waals surface area contributed by atoms with Crippen LogP contribution in [-0.4, -0.2) is 21.5 Å². The summed E-state index contributed by atoms with van der Waals surface area (Å²) in [4.78, 5) is 23.6. The van der Waals surface area contributed by atoms with E-state index in [1.54, 1.807) is 41.2 Å². The molecular formula is C21H21N3O3. The van der Waals surface area contributed by atoms with E-state index in [1.165, 1.54) is 12.5 Å². The molecule has 1 aromatic heterocycles. The van der Waals surface area contributed by atoms with Gasteiger partial charge in [-0.15, -0.1) is 0 Å². The van der Waals surface area contributed by atoms with Crippen LogP contribution in [0.2, 0.25) is 0 Å². The molecule has 3 aromatic rings. The van der Waals surface area contributed by atoms with E-state index in [1.807, 2.05) is 26.0 Å². The molecule has 0 fully saturated rings.